The predicted molar refractivity (Wildman–Crippen MR) is 176 cm³/mol. The van der Waals surface area contributed by atoms with Crippen molar-refractivity contribution >= 4 is 27.3 Å². The molecule has 236 valence electrons. The maximum Gasteiger partial charge on any atom is 0.246 e. The van der Waals surface area contributed by atoms with Crippen LogP contribution in [0.15, 0.2) is 54.6 Å². The van der Waals surface area contributed by atoms with Crippen LogP contribution in [-0.4, -0.2) is 61.7 Å². The molecule has 1 atom stereocenters. The number of hydrogen-bond donors (Lipinski definition) is 0. The van der Waals surface area contributed by atoms with Crippen molar-refractivity contribution in [1.82, 2.24) is 29.5 Å². The summed E-state index contributed by atoms with van der Waals surface area (Å²) >= 11 is 1.45. The number of hydrogen-bond acceptors (Lipinski definition) is 7. The Morgan fingerprint density at radius 1 is 1.13 bits per heavy atom. The van der Waals surface area contributed by atoms with Crippen molar-refractivity contribution in [3.05, 3.63) is 83.1 Å². The average molecular weight is 641 g/mol. The summed E-state index contributed by atoms with van der Waals surface area (Å²) in [6.45, 7) is 12.7. The van der Waals surface area contributed by atoms with E-state index < -0.39 is 11.6 Å². The van der Waals surface area contributed by atoms with E-state index >= 15 is 4.39 Å². The fourth-order valence-electron chi connectivity index (χ4n) is 6.67. The van der Waals surface area contributed by atoms with Gasteiger partial charge in [0.1, 0.15) is 28.8 Å². The number of rotatable bonds is 6. The van der Waals surface area contributed by atoms with E-state index in [0.29, 0.717) is 41.8 Å². The maximum absolute atomic E-state index is 15.9. The van der Waals surface area contributed by atoms with E-state index in [2.05, 4.69) is 31.4 Å². The van der Waals surface area contributed by atoms with Crippen LogP contribution >= 0.6 is 11.3 Å². The van der Waals surface area contributed by atoms with E-state index in [-0.39, 0.29) is 23.3 Å². The third kappa shape index (κ3) is 4.98. The number of carbonyl (C=O) groups is 1. The van der Waals surface area contributed by atoms with Gasteiger partial charge in [0.05, 0.1) is 36.6 Å². The molecule has 0 unspecified atom stereocenters. The minimum atomic E-state index is -0.758. The number of nitrogens with zero attached hydrogens (tertiary/aromatic N) is 6. The van der Waals surface area contributed by atoms with Gasteiger partial charge in [0.15, 0.2) is 0 Å². The average Bonchev–Trinajstić information content (AvgIpc) is 3.72. The van der Waals surface area contributed by atoms with Crippen LogP contribution in [0.1, 0.15) is 43.8 Å². The van der Waals surface area contributed by atoms with Gasteiger partial charge in [-0.2, -0.15) is 5.10 Å². The van der Waals surface area contributed by atoms with E-state index in [1.54, 1.807) is 4.90 Å². The summed E-state index contributed by atoms with van der Waals surface area (Å²) in [7, 11) is 1.40. The number of benzene rings is 1. The first-order valence-electron chi connectivity index (χ1n) is 15.4. The lowest BCUT2D eigenvalue weighted by Gasteiger charge is -2.33. The second kappa shape index (κ2) is 11.7. The summed E-state index contributed by atoms with van der Waals surface area (Å²) in [5, 5.41) is 7.71. The van der Waals surface area contributed by atoms with Crippen molar-refractivity contribution < 1.29 is 18.3 Å². The second-order valence-corrected chi connectivity index (χ2v) is 13.0. The van der Waals surface area contributed by atoms with Gasteiger partial charge in [0.2, 0.25) is 5.91 Å². The Morgan fingerprint density at radius 3 is 2.72 bits per heavy atom. The monoisotopic (exact) mass is 640 g/mol. The third-order valence-electron chi connectivity index (χ3n) is 9.13. The molecule has 11 heteroatoms. The molecule has 0 saturated carbocycles. The Labute approximate surface area is 270 Å². The fraction of sp³-hybridized carbons (Fsp3) is 0.314. The number of ether oxygens (including phenoxy) is 1. The number of carbonyl (C=O) groups excluding carboxylic acids is 1. The molecule has 0 radical (unpaired) electrons. The van der Waals surface area contributed by atoms with Gasteiger partial charge in [-0.25, -0.2) is 13.8 Å². The molecule has 1 aromatic carbocycles. The summed E-state index contributed by atoms with van der Waals surface area (Å²) in [6.07, 6.45) is 4.06. The van der Waals surface area contributed by atoms with Crippen molar-refractivity contribution in [3.8, 4) is 39.5 Å². The Balaban J connectivity index is 1.47. The highest BCUT2D eigenvalue weighted by Crippen LogP contribution is 2.47. The molecule has 4 aromatic heterocycles. The molecule has 2 aliphatic heterocycles. The van der Waals surface area contributed by atoms with Crippen LogP contribution in [0.2, 0.25) is 0 Å². The van der Waals surface area contributed by atoms with Crippen molar-refractivity contribution in [2.45, 2.75) is 52.4 Å². The van der Waals surface area contributed by atoms with Gasteiger partial charge in [0, 0.05) is 77.3 Å². The van der Waals surface area contributed by atoms with Gasteiger partial charge in [-0.05, 0) is 56.0 Å². The Hall–Kier alpha value is -4.48. The minimum absolute atomic E-state index is 0.0623. The molecule has 1 amide bonds. The molecule has 6 heterocycles. The van der Waals surface area contributed by atoms with Crippen molar-refractivity contribution in [2.75, 3.05) is 20.2 Å². The highest BCUT2D eigenvalue weighted by atomic mass is 32.1. The number of thiophene rings is 1. The molecule has 2 aliphatic rings. The van der Waals surface area contributed by atoms with E-state index in [9.17, 15) is 9.18 Å². The molecule has 0 fully saturated rings. The molecule has 8 nitrogen and oxygen atoms in total. The molecular formula is C35H34F2N6O2S. The Kier molecular flexibility index (Phi) is 7.68. The van der Waals surface area contributed by atoms with Crippen molar-refractivity contribution in [1.29, 1.82) is 0 Å². The standard InChI is InChI=1S/C35H34F2N6O2S/c1-6-30(44)42-10-11-43-28(20(42)4)16-27(40-43)34-32(31-25(37)14-23(36)15-29(31)45-5)35-24(8-12-46-35)33(39-34)21-13-22-18-41(19(2)3)9-7-26(22)38-17-21/h6,8,12-17,19-20H,1,7,9-11,18H2,2-5H3/t20-/m1/s1. The van der Waals surface area contributed by atoms with Crippen LogP contribution in [-0.2, 0) is 24.3 Å². The first-order valence-corrected chi connectivity index (χ1v) is 16.2. The summed E-state index contributed by atoms with van der Waals surface area (Å²) < 4.78 is 38.5. The maximum atomic E-state index is 15.9. The lowest BCUT2D eigenvalue weighted by molar-refractivity contribution is -0.129. The van der Waals surface area contributed by atoms with Gasteiger partial charge in [0.25, 0.3) is 0 Å². The van der Waals surface area contributed by atoms with Crippen LogP contribution in [0.25, 0.3) is 43.9 Å². The molecule has 5 aromatic rings. The zero-order valence-corrected chi connectivity index (χ0v) is 27.0. The number of methoxy groups -OCH3 is 1. The van der Waals surface area contributed by atoms with Gasteiger partial charge in [-0.1, -0.05) is 6.58 Å². The predicted octanol–water partition coefficient (Wildman–Crippen LogP) is 7.03. The van der Waals surface area contributed by atoms with Crippen molar-refractivity contribution in [3.63, 3.8) is 0 Å². The van der Waals surface area contributed by atoms with Crippen LogP contribution in [0, 0.1) is 11.6 Å². The highest BCUT2D eigenvalue weighted by Gasteiger charge is 2.31. The van der Waals surface area contributed by atoms with Gasteiger partial charge in [-0.3, -0.25) is 19.4 Å². The van der Waals surface area contributed by atoms with Crippen molar-refractivity contribution in [2.24, 2.45) is 0 Å². The smallest absolute Gasteiger partial charge is 0.246 e. The third-order valence-corrected chi connectivity index (χ3v) is 10.1. The fourth-order valence-corrected chi connectivity index (χ4v) is 7.62. The van der Waals surface area contributed by atoms with Crippen LogP contribution in [0.4, 0.5) is 8.78 Å². The molecule has 46 heavy (non-hydrogen) atoms. The first-order chi connectivity index (χ1) is 22.2. The van der Waals surface area contributed by atoms with E-state index in [4.69, 9.17) is 19.8 Å². The number of halogens is 2. The topological polar surface area (TPSA) is 76.4 Å². The summed E-state index contributed by atoms with van der Waals surface area (Å²) in [5.41, 5.74) is 6.18. The molecule has 7 rings (SSSR count). The molecule has 0 aliphatic carbocycles. The van der Waals surface area contributed by atoms with Crippen LogP contribution < -0.4 is 4.74 Å². The molecule has 0 N–H and O–H groups in total. The van der Waals surface area contributed by atoms with Gasteiger partial charge < -0.3 is 9.64 Å². The number of amides is 1. The summed E-state index contributed by atoms with van der Waals surface area (Å²) in [5.74, 6) is -1.59. The summed E-state index contributed by atoms with van der Waals surface area (Å²) in [6, 6.07) is 8.24. The highest BCUT2D eigenvalue weighted by molar-refractivity contribution is 7.18. The Bertz CT molecular complexity index is 2020. The number of pyridine rings is 2. The lowest BCUT2D eigenvalue weighted by Crippen LogP contribution is -2.40. The molecule has 0 spiro atoms. The van der Waals surface area contributed by atoms with E-state index in [0.717, 1.165) is 58.2 Å². The van der Waals surface area contributed by atoms with Crippen LogP contribution in [0.3, 0.4) is 0 Å². The van der Waals surface area contributed by atoms with E-state index in [1.807, 2.05) is 35.3 Å². The Morgan fingerprint density at radius 2 is 1.96 bits per heavy atom. The molecular weight excluding hydrogens is 606 g/mol. The minimum Gasteiger partial charge on any atom is -0.496 e. The zero-order chi connectivity index (χ0) is 32.3. The molecule has 0 saturated heterocycles. The van der Waals surface area contributed by atoms with Gasteiger partial charge in [-0.15, -0.1) is 11.3 Å². The second-order valence-electron chi connectivity index (χ2n) is 12.0. The summed E-state index contributed by atoms with van der Waals surface area (Å²) in [4.78, 5) is 26.9. The van der Waals surface area contributed by atoms with Crippen LogP contribution in [0.5, 0.6) is 5.75 Å². The quantitative estimate of drug-likeness (QED) is 0.186. The number of fused-ring (bicyclic) bond motifs is 3. The van der Waals surface area contributed by atoms with Gasteiger partial charge >= 0.3 is 0 Å². The first kappa shape index (κ1) is 30.2. The zero-order valence-electron chi connectivity index (χ0n) is 26.2. The number of aromatic nitrogens is 4. The SMILES string of the molecule is C=CC(=O)N1CCn2nc(-c3nc(-c4cnc5c(c4)CN(C(C)C)CC5)c4ccsc4c3-c3c(F)cc(F)cc3OC)cc2[C@H]1C. The molecule has 0 bridgehead atoms. The lowest BCUT2D eigenvalue weighted by atomic mass is 9.95. The van der Waals surface area contributed by atoms with E-state index in [1.165, 1.54) is 30.6 Å². The largest absolute Gasteiger partial charge is 0.496 e. The normalized spacial score (nSPS) is 16.5.